The molecule has 48 valence electrons. The fraction of sp³-hybridized carbons (Fsp3) is 0.750. The quantitative estimate of drug-likeness (QED) is 0.270. The van der Waals surface area contributed by atoms with Crippen molar-refractivity contribution in [2.75, 3.05) is 0 Å². The third-order valence-electron chi connectivity index (χ3n) is 1.17. The topological polar surface area (TPSA) is 0 Å². The van der Waals surface area contributed by atoms with E-state index in [2.05, 4.69) is 12.8 Å². The molecule has 1 heteroatoms. The average molecular weight is 118 g/mol. The maximum Gasteiger partial charge on any atom is 1.00 e. The second-order valence-corrected chi connectivity index (χ2v) is 2.01. The molecule has 0 amide bonds. The summed E-state index contributed by atoms with van der Waals surface area (Å²) in [4.78, 5) is 0. The molecule has 0 bridgehead atoms. The molecule has 0 N–H and O–H groups in total. The van der Waals surface area contributed by atoms with Crippen LogP contribution < -0.4 is 18.9 Å². The summed E-state index contributed by atoms with van der Waals surface area (Å²) in [5.41, 5.74) is 0. The Balaban J connectivity index is -0.000000245. The molecule has 0 aliphatic carbocycles. The third kappa shape index (κ3) is 11.6. The van der Waals surface area contributed by atoms with Gasteiger partial charge in [0.25, 0.3) is 0 Å². The number of hydrogen-bond donors (Lipinski definition) is 0. The molecule has 0 nitrogen and oxygen atoms in total. The van der Waals surface area contributed by atoms with Gasteiger partial charge in [-0.2, -0.15) is 0 Å². The Labute approximate surface area is 72.1 Å². The molecule has 0 aromatic heterocycles. The molecule has 0 saturated carbocycles. The normalized spacial score (nSPS) is 7.56. The summed E-state index contributed by atoms with van der Waals surface area (Å²) in [6, 6.07) is 0. The van der Waals surface area contributed by atoms with E-state index in [0.29, 0.717) is 0 Å². The van der Waals surface area contributed by atoms with E-state index in [4.69, 9.17) is 6.42 Å². The minimum absolute atomic E-state index is 0. The van der Waals surface area contributed by atoms with Gasteiger partial charge in [-0.05, 0) is 6.42 Å². The van der Waals surface area contributed by atoms with Crippen LogP contribution in [0.4, 0.5) is 0 Å². The van der Waals surface area contributed by atoms with Crippen molar-refractivity contribution in [3.05, 3.63) is 0 Å². The summed E-state index contributed by atoms with van der Waals surface area (Å²) < 4.78 is 0. The Bertz CT molecular complexity index is 75.8. The van der Waals surface area contributed by atoms with E-state index in [9.17, 15) is 0 Å². The predicted octanol–water partition coefficient (Wildman–Crippen LogP) is -0.293. The Morgan fingerprint density at radius 1 is 1.33 bits per heavy atom. The molecule has 0 atom stereocenters. The Morgan fingerprint density at radius 2 is 2.00 bits per heavy atom. The Hall–Kier alpha value is 0.157. The summed E-state index contributed by atoms with van der Waals surface area (Å²) in [7, 11) is 0. The zero-order chi connectivity index (χ0) is 6.24. The fourth-order valence-corrected chi connectivity index (χ4v) is 0.654. The van der Waals surface area contributed by atoms with Gasteiger partial charge >= 0.3 is 18.9 Å². The van der Waals surface area contributed by atoms with Gasteiger partial charge in [-0.3, -0.25) is 0 Å². The summed E-state index contributed by atoms with van der Waals surface area (Å²) >= 11 is 0. The molecule has 0 aliphatic heterocycles. The van der Waals surface area contributed by atoms with Crippen LogP contribution in [0.25, 0.3) is 0 Å². The van der Waals surface area contributed by atoms with Gasteiger partial charge in [-0.1, -0.05) is 26.2 Å². The van der Waals surface area contributed by atoms with Gasteiger partial charge in [0.2, 0.25) is 0 Å². The number of hydrogen-bond acceptors (Lipinski definition) is 0. The first-order chi connectivity index (χ1) is 3.91. The van der Waals surface area contributed by atoms with E-state index in [1.807, 2.05) is 0 Å². The fourth-order valence-electron chi connectivity index (χ4n) is 0.654. The maximum atomic E-state index is 5.06. The van der Waals surface area contributed by atoms with Crippen molar-refractivity contribution in [3.8, 4) is 12.3 Å². The van der Waals surface area contributed by atoms with Crippen LogP contribution in [0.5, 0.6) is 0 Å². The molecule has 0 rings (SSSR count). The van der Waals surface area contributed by atoms with Crippen LogP contribution in [-0.2, 0) is 0 Å². The molecule has 0 aliphatic rings. The van der Waals surface area contributed by atoms with Gasteiger partial charge in [0.1, 0.15) is 0 Å². The van der Waals surface area contributed by atoms with Crippen LogP contribution in [0.15, 0.2) is 0 Å². The second kappa shape index (κ2) is 11.0. The van der Waals surface area contributed by atoms with E-state index in [1.54, 1.807) is 0 Å². The van der Waals surface area contributed by atoms with Crippen molar-refractivity contribution in [1.82, 2.24) is 0 Å². The first-order valence-electron chi connectivity index (χ1n) is 3.35. The van der Waals surface area contributed by atoms with Gasteiger partial charge in [-0.15, -0.1) is 12.3 Å². The van der Waals surface area contributed by atoms with E-state index in [0.717, 1.165) is 6.42 Å². The molecule has 0 fully saturated rings. The van der Waals surface area contributed by atoms with Crippen molar-refractivity contribution >= 4 is 0 Å². The van der Waals surface area contributed by atoms with Crippen molar-refractivity contribution in [2.24, 2.45) is 0 Å². The molecule has 9 heavy (non-hydrogen) atoms. The van der Waals surface area contributed by atoms with Gasteiger partial charge in [0, 0.05) is 6.42 Å². The molecular weight excluding hydrogens is 103 g/mol. The van der Waals surface area contributed by atoms with Gasteiger partial charge in [0.05, 0.1) is 0 Å². The van der Waals surface area contributed by atoms with Crippen molar-refractivity contribution in [1.29, 1.82) is 0 Å². The van der Waals surface area contributed by atoms with E-state index in [-0.39, 0.29) is 20.3 Å². The first kappa shape index (κ1) is 11.9. The third-order valence-corrected chi connectivity index (χ3v) is 1.17. The summed E-state index contributed by atoms with van der Waals surface area (Å²) in [6.07, 6.45) is 11.2. The SMILES string of the molecule is C#CCCCCCC.[H-].[Li+]. The monoisotopic (exact) mass is 118 g/mol. The number of rotatable bonds is 4. The zero-order valence-electron chi connectivity index (χ0n) is 7.61. The average Bonchev–Trinajstić information content (AvgIpc) is 1.81. The Kier molecular flexibility index (Phi) is 14.6. The van der Waals surface area contributed by atoms with Crippen LogP contribution in [0, 0.1) is 12.3 Å². The van der Waals surface area contributed by atoms with E-state index >= 15 is 0 Å². The first-order valence-corrected chi connectivity index (χ1v) is 3.35. The Morgan fingerprint density at radius 3 is 2.44 bits per heavy atom. The van der Waals surface area contributed by atoms with E-state index in [1.165, 1.54) is 25.7 Å². The molecule has 0 aromatic carbocycles. The minimum atomic E-state index is 0. The van der Waals surface area contributed by atoms with Crippen LogP contribution in [0.1, 0.15) is 40.5 Å². The summed E-state index contributed by atoms with van der Waals surface area (Å²) in [6.45, 7) is 2.20. The van der Waals surface area contributed by atoms with Crippen molar-refractivity contribution < 1.29 is 20.3 Å². The maximum absolute atomic E-state index is 5.06. The number of unbranched alkanes of at least 4 members (excludes halogenated alkanes) is 4. The van der Waals surface area contributed by atoms with Crippen LogP contribution in [-0.4, -0.2) is 0 Å². The molecule has 0 unspecified atom stereocenters. The van der Waals surface area contributed by atoms with Gasteiger partial charge in [0.15, 0.2) is 0 Å². The smallest absolute Gasteiger partial charge is 1.00 e. The molecule has 0 spiro atoms. The molecule has 0 saturated heterocycles. The molecular formula is C8H15Li. The molecule has 0 heterocycles. The van der Waals surface area contributed by atoms with Crippen LogP contribution in [0.3, 0.4) is 0 Å². The summed E-state index contributed by atoms with van der Waals surface area (Å²) in [5.74, 6) is 2.63. The van der Waals surface area contributed by atoms with Crippen molar-refractivity contribution in [2.45, 2.75) is 39.0 Å². The van der Waals surface area contributed by atoms with Crippen LogP contribution >= 0.6 is 0 Å². The standard InChI is InChI=1S/C8H14.Li.H/c1-3-5-7-8-6-4-2;;/h1H,4-8H2,2H3;;/q;+1;-1. The second-order valence-electron chi connectivity index (χ2n) is 2.01. The van der Waals surface area contributed by atoms with Crippen molar-refractivity contribution in [3.63, 3.8) is 0 Å². The minimum Gasteiger partial charge on any atom is -1.00 e. The van der Waals surface area contributed by atoms with Gasteiger partial charge in [-0.25, -0.2) is 0 Å². The molecule has 0 aromatic rings. The van der Waals surface area contributed by atoms with Gasteiger partial charge < -0.3 is 1.43 Å². The van der Waals surface area contributed by atoms with Crippen LogP contribution in [0.2, 0.25) is 0 Å². The largest absolute Gasteiger partial charge is 1.00 e. The molecule has 0 radical (unpaired) electrons. The predicted molar refractivity (Wildman–Crippen MR) is 38.7 cm³/mol. The zero-order valence-corrected chi connectivity index (χ0v) is 6.61. The summed E-state index contributed by atoms with van der Waals surface area (Å²) in [5, 5.41) is 0. The number of terminal acetylenes is 1. The van der Waals surface area contributed by atoms with E-state index < -0.39 is 0 Å².